The van der Waals surface area contributed by atoms with Crippen LogP contribution in [-0.4, -0.2) is 53.6 Å². The molecule has 1 saturated heterocycles. The Balaban J connectivity index is 1.79. The molecule has 0 amide bonds. The molecule has 1 aromatic carbocycles. The molecule has 0 aliphatic carbocycles. The Morgan fingerprint density at radius 2 is 1.90 bits per heavy atom. The Hall–Kier alpha value is -0.620. The maximum absolute atomic E-state index is 10.6. The third kappa shape index (κ3) is 4.74. The van der Waals surface area contributed by atoms with Crippen molar-refractivity contribution in [2.75, 3.05) is 32.7 Å². The van der Waals surface area contributed by atoms with E-state index in [1.165, 1.54) is 5.56 Å². The lowest BCUT2D eigenvalue weighted by Crippen LogP contribution is -2.46. The molecular formula is C14H18BrClN2O2. The van der Waals surface area contributed by atoms with Gasteiger partial charge in [0.25, 0.3) is 0 Å². The van der Waals surface area contributed by atoms with Crippen LogP contribution in [0.2, 0.25) is 5.02 Å². The second kappa shape index (κ2) is 7.41. The molecule has 0 saturated carbocycles. The number of rotatable bonds is 5. The summed E-state index contributed by atoms with van der Waals surface area (Å²) in [7, 11) is 0. The number of piperazine rings is 1. The number of benzene rings is 1. The zero-order valence-corrected chi connectivity index (χ0v) is 13.5. The second-order valence-corrected chi connectivity index (χ2v) is 6.27. The van der Waals surface area contributed by atoms with Crippen LogP contribution in [0.1, 0.15) is 12.0 Å². The molecule has 1 N–H and O–H groups in total. The van der Waals surface area contributed by atoms with Gasteiger partial charge in [-0.2, -0.15) is 0 Å². The van der Waals surface area contributed by atoms with Gasteiger partial charge in [-0.3, -0.25) is 9.69 Å². The summed E-state index contributed by atoms with van der Waals surface area (Å²) < 4.78 is 0.928. The van der Waals surface area contributed by atoms with Crippen LogP contribution >= 0.6 is 27.5 Å². The zero-order valence-electron chi connectivity index (χ0n) is 11.2. The SMILES string of the molecule is O=C(O)CCN1CCN(Cc2ccc(Cl)c(Br)c2)CC1. The summed E-state index contributed by atoms with van der Waals surface area (Å²) in [6.45, 7) is 5.36. The summed E-state index contributed by atoms with van der Waals surface area (Å²) >= 11 is 9.43. The molecule has 1 aliphatic heterocycles. The molecule has 1 aromatic rings. The van der Waals surface area contributed by atoms with Gasteiger partial charge in [-0.1, -0.05) is 17.7 Å². The van der Waals surface area contributed by atoms with Crippen LogP contribution in [0.15, 0.2) is 22.7 Å². The monoisotopic (exact) mass is 360 g/mol. The molecule has 110 valence electrons. The highest BCUT2D eigenvalue weighted by atomic mass is 79.9. The Kier molecular flexibility index (Phi) is 5.84. The van der Waals surface area contributed by atoms with Crippen molar-refractivity contribution in [3.05, 3.63) is 33.3 Å². The van der Waals surface area contributed by atoms with Crippen LogP contribution in [0, 0.1) is 0 Å². The molecule has 20 heavy (non-hydrogen) atoms. The van der Waals surface area contributed by atoms with Crippen molar-refractivity contribution in [2.45, 2.75) is 13.0 Å². The number of carboxylic acids is 1. The highest BCUT2D eigenvalue weighted by Gasteiger charge is 2.17. The van der Waals surface area contributed by atoms with Gasteiger partial charge in [0, 0.05) is 43.7 Å². The fourth-order valence-electron chi connectivity index (χ4n) is 2.32. The van der Waals surface area contributed by atoms with Gasteiger partial charge in [0.1, 0.15) is 0 Å². The molecule has 0 spiro atoms. The average Bonchev–Trinajstić information content (AvgIpc) is 2.42. The third-order valence-corrected chi connectivity index (χ3v) is 4.71. The largest absolute Gasteiger partial charge is 0.481 e. The van der Waals surface area contributed by atoms with E-state index < -0.39 is 5.97 Å². The first-order chi connectivity index (χ1) is 9.54. The lowest BCUT2D eigenvalue weighted by Gasteiger charge is -2.34. The molecule has 1 heterocycles. The molecular weight excluding hydrogens is 344 g/mol. The van der Waals surface area contributed by atoms with E-state index in [1.54, 1.807) is 0 Å². The summed E-state index contributed by atoms with van der Waals surface area (Å²) in [4.78, 5) is 15.1. The van der Waals surface area contributed by atoms with Gasteiger partial charge in [0.15, 0.2) is 0 Å². The van der Waals surface area contributed by atoms with E-state index in [1.807, 2.05) is 12.1 Å². The summed E-state index contributed by atoms with van der Waals surface area (Å²) in [5, 5.41) is 9.42. The fraction of sp³-hybridized carbons (Fsp3) is 0.500. The standard InChI is InChI=1S/C14H18BrClN2O2/c15-12-9-11(1-2-13(12)16)10-18-7-5-17(6-8-18)4-3-14(19)20/h1-2,9H,3-8,10H2,(H,19,20). The second-order valence-electron chi connectivity index (χ2n) is 5.01. The Morgan fingerprint density at radius 3 is 2.50 bits per heavy atom. The Labute approximate surface area is 132 Å². The summed E-state index contributed by atoms with van der Waals surface area (Å²) in [6, 6.07) is 6.01. The first-order valence-corrected chi connectivity index (χ1v) is 7.82. The van der Waals surface area contributed by atoms with Gasteiger partial charge in [-0.05, 0) is 33.6 Å². The van der Waals surface area contributed by atoms with E-state index in [-0.39, 0.29) is 6.42 Å². The number of hydrogen-bond acceptors (Lipinski definition) is 3. The molecule has 0 unspecified atom stereocenters. The van der Waals surface area contributed by atoms with Gasteiger partial charge in [-0.15, -0.1) is 0 Å². The molecule has 1 aliphatic rings. The highest BCUT2D eigenvalue weighted by Crippen LogP contribution is 2.24. The van der Waals surface area contributed by atoms with E-state index in [4.69, 9.17) is 16.7 Å². The summed E-state index contributed by atoms with van der Waals surface area (Å²) in [6.07, 6.45) is 0.226. The van der Waals surface area contributed by atoms with Gasteiger partial charge < -0.3 is 10.0 Å². The minimum absolute atomic E-state index is 0.226. The third-order valence-electron chi connectivity index (χ3n) is 3.50. The number of halogens is 2. The summed E-state index contributed by atoms with van der Waals surface area (Å²) in [5.74, 6) is -0.724. The Bertz CT molecular complexity index is 476. The maximum atomic E-state index is 10.6. The van der Waals surface area contributed by atoms with Crippen molar-refractivity contribution >= 4 is 33.5 Å². The first-order valence-electron chi connectivity index (χ1n) is 6.65. The lowest BCUT2D eigenvalue weighted by molar-refractivity contribution is -0.137. The molecule has 0 radical (unpaired) electrons. The number of aliphatic carboxylic acids is 1. The first kappa shape index (κ1) is 15.8. The molecule has 0 atom stereocenters. The molecule has 1 fully saturated rings. The van der Waals surface area contributed by atoms with Crippen LogP contribution in [0.5, 0.6) is 0 Å². The van der Waals surface area contributed by atoms with Crippen molar-refractivity contribution in [1.82, 2.24) is 9.80 Å². The maximum Gasteiger partial charge on any atom is 0.304 e. The van der Waals surface area contributed by atoms with E-state index in [2.05, 4.69) is 31.8 Å². The van der Waals surface area contributed by atoms with E-state index in [9.17, 15) is 4.79 Å². The van der Waals surface area contributed by atoms with Gasteiger partial charge in [-0.25, -0.2) is 0 Å². The highest BCUT2D eigenvalue weighted by molar-refractivity contribution is 9.10. The van der Waals surface area contributed by atoms with E-state index >= 15 is 0 Å². The molecule has 0 aromatic heterocycles. The summed E-state index contributed by atoms with van der Waals surface area (Å²) in [5.41, 5.74) is 1.24. The van der Waals surface area contributed by atoms with Gasteiger partial charge in [0.2, 0.25) is 0 Å². The zero-order chi connectivity index (χ0) is 14.5. The van der Waals surface area contributed by atoms with Gasteiger partial charge in [0.05, 0.1) is 11.4 Å². The number of nitrogens with zero attached hydrogens (tertiary/aromatic N) is 2. The predicted molar refractivity (Wildman–Crippen MR) is 83.1 cm³/mol. The average molecular weight is 362 g/mol. The van der Waals surface area contributed by atoms with E-state index in [0.29, 0.717) is 6.54 Å². The lowest BCUT2D eigenvalue weighted by atomic mass is 10.2. The minimum atomic E-state index is -0.724. The van der Waals surface area contributed by atoms with Crippen molar-refractivity contribution in [3.63, 3.8) is 0 Å². The van der Waals surface area contributed by atoms with Crippen LogP contribution in [0.25, 0.3) is 0 Å². The van der Waals surface area contributed by atoms with Crippen molar-refractivity contribution in [1.29, 1.82) is 0 Å². The molecule has 0 bridgehead atoms. The number of carbonyl (C=O) groups is 1. The minimum Gasteiger partial charge on any atom is -0.481 e. The topological polar surface area (TPSA) is 43.8 Å². The molecule has 6 heteroatoms. The quantitative estimate of drug-likeness (QED) is 0.876. The smallest absolute Gasteiger partial charge is 0.304 e. The van der Waals surface area contributed by atoms with Crippen LogP contribution in [0.3, 0.4) is 0 Å². The van der Waals surface area contributed by atoms with Crippen molar-refractivity contribution < 1.29 is 9.90 Å². The predicted octanol–water partition coefficient (Wildman–Crippen LogP) is 2.69. The Morgan fingerprint density at radius 1 is 1.25 bits per heavy atom. The van der Waals surface area contributed by atoms with Crippen molar-refractivity contribution in [3.8, 4) is 0 Å². The van der Waals surface area contributed by atoms with Crippen LogP contribution in [-0.2, 0) is 11.3 Å². The van der Waals surface area contributed by atoms with Crippen molar-refractivity contribution in [2.24, 2.45) is 0 Å². The number of carboxylic acid groups (broad SMARTS) is 1. The van der Waals surface area contributed by atoms with Crippen LogP contribution < -0.4 is 0 Å². The van der Waals surface area contributed by atoms with Gasteiger partial charge >= 0.3 is 5.97 Å². The van der Waals surface area contributed by atoms with E-state index in [0.717, 1.165) is 42.2 Å². The molecule has 4 nitrogen and oxygen atoms in total. The molecule has 2 rings (SSSR count). The van der Waals surface area contributed by atoms with Crippen LogP contribution in [0.4, 0.5) is 0 Å². The fourth-order valence-corrected chi connectivity index (χ4v) is 2.86. The normalized spacial score (nSPS) is 17.3. The number of hydrogen-bond donors (Lipinski definition) is 1.